The van der Waals surface area contributed by atoms with Gasteiger partial charge in [0.1, 0.15) is 0 Å². The van der Waals surface area contributed by atoms with Crippen molar-refractivity contribution < 1.29 is 0 Å². The maximum Gasteiger partial charge on any atom is -0.00838 e. The second kappa shape index (κ2) is 4.39. The average Bonchev–Trinajstić information content (AvgIpc) is 3.23. The van der Waals surface area contributed by atoms with E-state index in [0.29, 0.717) is 10.8 Å². The Morgan fingerprint density at radius 2 is 1.94 bits per heavy atom. The van der Waals surface area contributed by atoms with Gasteiger partial charge >= 0.3 is 0 Å². The first-order chi connectivity index (χ1) is 8.58. The molecule has 0 heteroatoms. The summed E-state index contributed by atoms with van der Waals surface area (Å²) in [4.78, 5) is 0. The smallest absolute Gasteiger partial charge is 0.00838 e. The Morgan fingerprint density at radius 1 is 1.22 bits per heavy atom. The Morgan fingerprint density at radius 3 is 2.50 bits per heavy atom. The Kier molecular flexibility index (Phi) is 3.11. The summed E-state index contributed by atoms with van der Waals surface area (Å²) in [6, 6.07) is 0. The van der Waals surface area contributed by atoms with Gasteiger partial charge in [-0.15, -0.1) is 0 Å². The minimum Gasteiger partial charge on any atom is -0.0788 e. The van der Waals surface area contributed by atoms with Crippen LogP contribution >= 0.6 is 0 Å². The summed E-state index contributed by atoms with van der Waals surface area (Å²) >= 11 is 0. The van der Waals surface area contributed by atoms with Crippen LogP contribution < -0.4 is 0 Å². The van der Waals surface area contributed by atoms with E-state index < -0.39 is 0 Å². The lowest BCUT2D eigenvalue weighted by atomic mass is 9.88. The maximum atomic E-state index is 2.73. The molecule has 3 rings (SSSR count). The molecule has 0 aromatic rings. The molecule has 0 spiro atoms. The lowest BCUT2D eigenvalue weighted by molar-refractivity contribution is 0.382. The third-order valence-electron chi connectivity index (χ3n) is 6.18. The van der Waals surface area contributed by atoms with Crippen molar-refractivity contribution in [3.63, 3.8) is 0 Å². The van der Waals surface area contributed by atoms with E-state index in [2.05, 4.69) is 26.8 Å². The van der Waals surface area contributed by atoms with Crippen LogP contribution in [0.1, 0.15) is 78.6 Å². The van der Waals surface area contributed by atoms with E-state index in [1.807, 2.05) is 0 Å². The number of hydrogen-bond donors (Lipinski definition) is 0. The fourth-order valence-corrected chi connectivity index (χ4v) is 3.93. The van der Waals surface area contributed by atoms with Gasteiger partial charge in [0, 0.05) is 0 Å². The Labute approximate surface area is 113 Å². The van der Waals surface area contributed by atoms with Crippen molar-refractivity contribution in [3.8, 4) is 0 Å². The van der Waals surface area contributed by atoms with Crippen molar-refractivity contribution >= 4 is 0 Å². The number of allylic oxidation sites excluding steroid dienone is 2. The molecule has 4 unspecified atom stereocenters. The fourth-order valence-electron chi connectivity index (χ4n) is 3.93. The van der Waals surface area contributed by atoms with Gasteiger partial charge < -0.3 is 0 Å². The lowest BCUT2D eigenvalue weighted by Crippen LogP contribution is -2.06. The highest BCUT2D eigenvalue weighted by Gasteiger charge is 2.54. The van der Waals surface area contributed by atoms with Gasteiger partial charge in [0.25, 0.3) is 0 Å². The van der Waals surface area contributed by atoms with Crippen LogP contribution in [-0.2, 0) is 0 Å². The molecule has 0 nitrogen and oxygen atoms in total. The first kappa shape index (κ1) is 12.8. The molecule has 0 aromatic carbocycles. The van der Waals surface area contributed by atoms with Crippen LogP contribution in [-0.4, -0.2) is 0 Å². The number of rotatable bonds is 7. The topological polar surface area (TPSA) is 0 Å². The Hall–Kier alpha value is -0.260. The summed E-state index contributed by atoms with van der Waals surface area (Å²) < 4.78 is 0. The molecule has 0 bridgehead atoms. The molecule has 18 heavy (non-hydrogen) atoms. The Balaban J connectivity index is 1.56. The molecular formula is C18H30. The molecule has 102 valence electrons. The molecule has 0 saturated heterocycles. The lowest BCUT2D eigenvalue weighted by Gasteiger charge is -2.17. The largest absolute Gasteiger partial charge is 0.0788 e. The number of hydrogen-bond acceptors (Lipinski definition) is 0. The van der Waals surface area contributed by atoms with Gasteiger partial charge in [0.05, 0.1) is 0 Å². The van der Waals surface area contributed by atoms with Gasteiger partial charge in [0.2, 0.25) is 0 Å². The molecule has 0 amide bonds. The van der Waals surface area contributed by atoms with Crippen molar-refractivity contribution in [2.45, 2.75) is 78.6 Å². The van der Waals surface area contributed by atoms with Crippen LogP contribution in [0, 0.1) is 22.7 Å². The summed E-state index contributed by atoms with van der Waals surface area (Å²) in [6.45, 7) is 7.28. The van der Waals surface area contributed by atoms with Crippen molar-refractivity contribution in [2.75, 3.05) is 0 Å². The van der Waals surface area contributed by atoms with Gasteiger partial charge in [-0.3, -0.25) is 0 Å². The zero-order chi connectivity index (χ0) is 12.8. The second-order valence-corrected chi connectivity index (χ2v) is 7.84. The summed E-state index contributed by atoms with van der Waals surface area (Å²) in [5, 5.41) is 0. The molecule has 4 atom stereocenters. The van der Waals surface area contributed by atoms with Crippen molar-refractivity contribution in [3.05, 3.63) is 11.6 Å². The second-order valence-electron chi connectivity index (χ2n) is 7.84. The number of unbranched alkanes of at least 4 members (excludes halogenated alkanes) is 1. The van der Waals surface area contributed by atoms with Crippen LogP contribution in [0.4, 0.5) is 0 Å². The van der Waals surface area contributed by atoms with E-state index in [4.69, 9.17) is 0 Å². The van der Waals surface area contributed by atoms with Gasteiger partial charge in [-0.2, -0.15) is 0 Å². The zero-order valence-electron chi connectivity index (χ0n) is 12.6. The fraction of sp³-hybridized carbons (Fsp3) is 0.889. The van der Waals surface area contributed by atoms with E-state index in [-0.39, 0.29) is 0 Å². The standard InChI is InChI=1S/C18H30/c1-4-5-6-16-13-18(16,12-15-7-8-15)10-9-17(3)11-14(17)2/h12,14,16H,4-11,13H2,1-3H3. The summed E-state index contributed by atoms with van der Waals surface area (Å²) in [5.41, 5.74) is 3.17. The van der Waals surface area contributed by atoms with Crippen LogP contribution in [0.2, 0.25) is 0 Å². The van der Waals surface area contributed by atoms with Gasteiger partial charge in [0.15, 0.2) is 0 Å². The first-order valence-electron chi connectivity index (χ1n) is 8.29. The normalized spacial score (nSPS) is 44.9. The molecule has 0 radical (unpaired) electrons. The highest BCUT2D eigenvalue weighted by Crippen LogP contribution is 2.64. The quantitative estimate of drug-likeness (QED) is 0.503. The highest BCUT2D eigenvalue weighted by molar-refractivity contribution is 5.26. The predicted octanol–water partition coefficient (Wildman–Crippen LogP) is 5.73. The molecule has 0 heterocycles. The molecule has 0 aromatic heterocycles. The van der Waals surface area contributed by atoms with Crippen molar-refractivity contribution in [2.24, 2.45) is 22.7 Å². The van der Waals surface area contributed by atoms with Crippen molar-refractivity contribution in [1.29, 1.82) is 0 Å². The van der Waals surface area contributed by atoms with Gasteiger partial charge in [-0.05, 0) is 67.6 Å². The average molecular weight is 246 g/mol. The molecule has 3 saturated carbocycles. The zero-order valence-corrected chi connectivity index (χ0v) is 12.6. The summed E-state index contributed by atoms with van der Waals surface area (Å²) in [5.74, 6) is 2.04. The van der Waals surface area contributed by atoms with Crippen LogP contribution in [0.5, 0.6) is 0 Å². The molecular weight excluding hydrogens is 216 g/mol. The van der Waals surface area contributed by atoms with Crippen LogP contribution in [0.25, 0.3) is 0 Å². The van der Waals surface area contributed by atoms with E-state index >= 15 is 0 Å². The third kappa shape index (κ3) is 2.53. The van der Waals surface area contributed by atoms with Gasteiger partial charge in [-0.25, -0.2) is 0 Å². The third-order valence-corrected chi connectivity index (χ3v) is 6.18. The summed E-state index contributed by atoms with van der Waals surface area (Å²) in [7, 11) is 0. The summed E-state index contributed by atoms with van der Waals surface area (Å²) in [6.07, 6.45) is 15.8. The molecule has 0 aliphatic heterocycles. The van der Waals surface area contributed by atoms with E-state index in [0.717, 1.165) is 11.8 Å². The van der Waals surface area contributed by atoms with E-state index in [1.165, 1.54) is 57.8 Å². The Bertz CT molecular complexity index is 347. The molecule has 3 fully saturated rings. The van der Waals surface area contributed by atoms with Crippen LogP contribution in [0.15, 0.2) is 11.6 Å². The van der Waals surface area contributed by atoms with E-state index in [9.17, 15) is 0 Å². The molecule has 3 aliphatic rings. The van der Waals surface area contributed by atoms with Gasteiger partial charge in [-0.1, -0.05) is 45.3 Å². The van der Waals surface area contributed by atoms with Crippen LogP contribution in [0.3, 0.4) is 0 Å². The maximum absolute atomic E-state index is 2.73. The minimum absolute atomic E-state index is 0.673. The molecule has 0 N–H and O–H groups in total. The molecule has 3 aliphatic carbocycles. The minimum atomic E-state index is 0.673. The predicted molar refractivity (Wildman–Crippen MR) is 78.5 cm³/mol. The van der Waals surface area contributed by atoms with E-state index in [1.54, 1.807) is 5.57 Å². The van der Waals surface area contributed by atoms with Crippen molar-refractivity contribution in [1.82, 2.24) is 0 Å². The SMILES string of the molecule is CCCCC1CC1(C=C1CC1)CCC1(C)CC1C. The highest BCUT2D eigenvalue weighted by atomic mass is 14.6. The first-order valence-corrected chi connectivity index (χ1v) is 8.29. The monoisotopic (exact) mass is 246 g/mol.